The molecule has 0 saturated heterocycles. The van der Waals surface area contributed by atoms with Gasteiger partial charge in [0.05, 0.1) is 33.7 Å². The zero-order valence-corrected chi connectivity index (χ0v) is 33.5. The Balaban J connectivity index is 1.15. The number of furan rings is 1. The molecule has 12 aromatic rings. The first-order valence-corrected chi connectivity index (χ1v) is 22.3. The van der Waals surface area contributed by atoms with Crippen molar-refractivity contribution in [1.82, 2.24) is 9.13 Å². The molecule has 9 aromatic carbocycles. The zero-order chi connectivity index (χ0) is 39.8. The van der Waals surface area contributed by atoms with Crippen LogP contribution in [0.5, 0.6) is 0 Å². The number of hydrogen-bond donors (Lipinski definition) is 0. The highest BCUT2D eigenvalue weighted by Crippen LogP contribution is 2.41. The van der Waals surface area contributed by atoms with Gasteiger partial charge in [0.1, 0.15) is 11.2 Å². The molecule has 5 heteroatoms. The van der Waals surface area contributed by atoms with E-state index in [1.54, 1.807) is 0 Å². The van der Waals surface area contributed by atoms with E-state index >= 15 is 0 Å². The molecule has 0 N–H and O–H groups in total. The van der Waals surface area contributed by atoms with Crippen LogP contribution in [0.25, 0.3) is 76.9 Å². The van der Waals surface area contributed by atoms with E-state index in [1.807, 2.05) is 18.2 Å². The Morgan fingerprint density at radius 3 is 1.55 bits per heavy atom. The van der Waals surface area contributed by atoms with Gasteiger partial charge in [-0.25, -0.2) is 0 Å². The maximum atomic E-state index is 9.84. The molecule has 3 heterocycles. The van der Waals surface area contributed by atoms with Crippen molar-refractivity contribution >= 4 is 94.4 Å². The van der Waals surface area contributed by atoms with Crippen molar-refractivity contribution in [3.8, 4) is 17.4 Å². The molecule has 0 saturated carbocycles. The average Bonchev–Trinajstić information content (AvgIpc) is 3.98. The van der Waals surface area contributed by atoms with Gasteiger partial charge in [-0.05, 0) is 93.5 Å². The Kier molecular flexibility index (Phi) is 7.58. The summed E-state index contributed by atoms with van der Waals surface area (Å²) in [5.74, 6) is 0. The van der Waals surface area contributed by atoms with Crippen molar-refractivity contribution in [2.45, 2.75) is 0 Å². The minimum atomic E-state index is -3.03. The van der Waals surface area contributed by atoms with Crippen molar-refractivity contribution in [1.29, 1.82) is 5.26 Å². The monoisotopic (exact) mass is 781 g/mol. The predicted molar refractivity (Wildman–Crippen MR) is 251 cm³/mol. The van der Waals surface area contributed by atoms with Gasteiger partial charge < -0.3 is 13.6 Å². The summed E-state index contributed by atoms with van der Waals surface area (Å²) >= 11 is 0. The van der Waals surface area contributed by atoms with E-state index in [9.17, 15) is 5.26 Å². The van der Waals surface area contributed by atoms with E-state index in [4.69, 9.17) is 4.42 Å². The topological polar surface area (TPSA) is 46.8 Å². The molecule has 280 valence electrons. The molecular weight excluding hydrogens is 747 g/mol. The molecule has 60 heavy (non-hydrogen) atoms. The lowest BCUT2D eigenvalue weighted by Gasteiger charge is -2.35. The van der Waals surface area contributed by atoms with E-state index in [0.29, 0.717) is 5.56 Å². The minimum Gasteiger partial charge on any atom is -0.456 e. The molecule has 0 fully saturated rings. The lowest BCUT2D eigenvalue weighted by atomic mass is 10.1. The summed E-state index contributed by atoms with van der Waals surface area (Å²) in [6.07, 6.45) is 0. The molecule has 4 nitrogen and oxygen atoms in total. The third-order valence-corrected chi connectivity index (χ3v) is 17.2. The highest BCUT2D eigenvalue weighted by molar-refractivity contribution is 7.20. The van der Waals surface area contributed by atoms with Gasteiger partial charge in [-0.3, -0.25) is 0 Å². The molecule has 0 radical (unpaired) electrons. The third-order valence-electron chi connectivity index (χ3n) is 12.5. The average molecular weight is 782 g/mol. The molecule has 0 atom stereocenters. The van der Waals surface area contributed by atoms with Crippen molar-refractivity contribution in [3.63, 3.8) is 0 Å². The number of hydrogen-bond acceptors (Lipinski definition) is 2. The Labute approximate surface area is 347 Å². The van der Waals surface area contributed by atoms with Gasteiger partial charge in [0.15, 0.2) is 8.07 Å². The summed E-state index contributed by atoms with van der Waals surface area (Å²) in [6, 6.07) is 79.1. The van der Waals surface area contributed by atoms with Crippen molar-refractivity contribution < 1.29 is 4.42 Å². The molecule has 0 aliphatic heterocycles. The van der Waals surface area contributed by atoms with Crippen molar-refractivity contribution in [2.75, 3.05) is 0 Å². The van der Waals surface area contributed by atoms with E-state index in [0.717, 1.165) is 66.2 Å². The summed E-state index contributed by atoms with van der Waals surface area (Å²) < 4.78 is 11.2. The number of nitriles is 1. The zero-order valence-electron chi connectivity index (χ0n) is 32.5. The highest BCUT2D eigenvalue weighted by Gasteiger charge is 2.42. The molecule has 0 unspecified atom stereocenters. The van der Waals surface area contributed by atoms with Crippen LogP contribution in [0, 0.1) is 11.3 Å². The fourth-order valence-corrected chi connectivity index (χ4v) is 14.8. The number of fused-ring (bicyclic) bond motifs is 10. The first-order valence-electron chi connectivity index (χ1n) is 20.3. The van der Waals surface area contributed by atoms with Crippen LogP contribution < -0.4 is 20.7 Å². The summed E-state index contributed by atoms with van der Waals surface area (Å²) in [4.78, 5) is 0. The Morgan fingerprint density at radius 2 is 0.883 bits per heavy atom. The Morgan fingerprint density at radius 1 is 0.367 bits per heavy atom. The van der Waals surface area contributed by atoms with Crippen LogP contribution in [0.15, 0.2) is 217 Å². The van der Waals surface area contributed by atoms with Crippen LogP contribution in [0.4, 0.5) is 0 Å². The molecule has 0 bridgehead atoms. The molecule has 3 aromatic heterocycles. The number of benzene rings is 9. The van der Waals surface area contributed by atoms with Crippen LogP contribution in [-0.4, -0.2) is 17.2 Å². The van der Waals surface area contributed by atoms with Gasteiger partial charge in [-0.1, -0.05) is 140 Å². The van der Waals surface area contributed by atoms with Gasteiger partial charge in [0.2, 0.25) is 0 Å². The lowest BCUT2D eigenvalue weighted by molar-refractivity contribution is 0.669. The fourth-order valence-electron chi connectivity index (χ4n) is 10.0. The number of para-hydroxylation sites is 3. The van der Waals surface area contributed by atoms with E-state index in [2.05, 4.69) is 209 Å². The summed E-state index contributed by atoms with van der Waals surface area (Å²) in [5.41, 5.74) is 9.14. The van der Waals surface area contributed by atoms with Gasteiger partial charge >= 0.3 is 0 Å². The fraction of sp³-hybridized carbons (Fsp3) is 0. The van der Waals surface area contributed by atoms with Gasteiger partial charge in [-0.15, -0.1) is 0 Å². The van der Waals surface area contributed by atoms with Crippen LogP contribution >= 0.6 is 0 Å². The normalized spacial score (nSPS) is 12.0. The number of aromatic nitrogens is 2. The van der Waals surface area contributed by atoms with Gasteiger partial charge in [-0.2, -0.15) is 5.26 Å². The quantitative estimate of drug-likeness (QED) is 0.125. The first kappa shape index (κ1) is 34.2. The standard InChI is InChI=1S/C55H35N3OSi/c56-36-37-29-30-50-47(33-37)44-23-7-10-26-48(44)57(50)38-15-13-21-42(34-38)60(40-17-3-1-4-18-40,41-19-5-2-6-20-41)43-22-14-16-39(35-43)58-49-27-11-8-24-45(49)54-51(58)31-32-53-55(54)46-25-9-12-28-52(46)59-53/h1-35H. The van der Waals surface area contributed by atoms with Crippen molar-refractivity contribution in [2.24, 2.45) is 0 Å². The smallest absolute Gasteiger partial charge is 0.179 e. The van der Waals surface area contributed by atoms with Crippen LogP contribution in [0.3, 0.4) is 0 Å². The SMILES string of the molecule is N#Cc1ccc2c(c1)c1ccccc1n2-c1cccc([Si](c2ccccc2)(c2ccccc2)c2cccc(-n3c4ccccc4c4c5c(ccc43)oc3ccccc35)c2)c1. The van der Waals surface area contributed by atoms with E-state index in [-0.39, 0.29) is 0 Å². The van der Waals surface area contributed by atoms with Crippen LogP contribution in [-0.2, 0) is 0 Å². The Bertz CT molecular complexity index is 3640. The minimum absolute atomic E-state index is 0.657. The maximum Gasteiger partial charge on any atom is 0.179 e. The predicted octanol–water partition coefficient (Wildman–Crippen LogP) is 11.0. The van der Waals surface area contributed by atoms with E-state index < -0.39 is 8.07 Å². The molecule has 0 amide bonds. The third kappa shape index (κ3) is 4.89. The van der Waals surface area contributed by atoms with Crippen molar-refractivity contribution in [3.05, 3.63) is 218 Å². The second kappa shape index (κ2) is 13.3. The Hall–Kier alpha value is -7.91. The maximum absolute atomic E-state index is 9.84. The number of rotatable bonds is 6. The van der Waals surface area contributed by atoms with Gasteiger partial charge in [0, 0.05) is 43.7 Å². The summed E-state index contributed by atoms with van der Waals surface area (Å²) in [6.45, 7) is 0. The largest absolute Gasteiger partial charge is 0.456 e. The molecule has 12 rings (SSSR count). The molecule has 0 aliphatic rings. The second-order valence-corrected chi connectivity index (χ2v) is 19.4. The van der Waals surface area contributed by atoms with Crippen LogP contribution in [0.1, 0.15) is 5.56 Å². The first-order chi connectivity index (χ1) is 29.7. The molecule has 0 spiro atoms. The van der Waals surface area contributed by atoms with Gasteiger partial charge in [0.25, 0.3) is 0 Å². The highest BCUT2D eigenvalue weighted by atomic mass is 28.3. The molecule has 0 aliphatic carbocycles. The number of nitrogens with zero attached hydrogens (tertiary/aromatic N) is 3. The summed E-state index contributed by atoms with van der Waals surface area (Å²) in [5, 5.41) is 21.9. The van der Waals surface area contributed by atoms with Crippen LogP contribution in [0.2, 0.25) is 0 Å². The van der Waals surface area contributed by atoms with E-state index in [1.165, 1.54) is 31.5 Å². The molecular formula is C55H35N3OSi. The second-order valence-electron chi connectivity index (χ2n) is 15.6. The lowest BCUT2D eigenvalue weighted by Crippen LogP contribution is -2.74. The summed E-state index contributed by atoms with van der Waals surface area (Å²) in [7, 11) is -3.03.